The molecular formula is C14H13ClN2O2. The second-order valence-corrected chi connectivity index (χ2v) is 4.39. The molecule has 5 heteroatoms. The first-order chi connectivity index (χ1) is 9.11. The number of aromatic nitrogens is 1. The van der Waals surface area contributed by atoms with Gasteiger partial charge in [-0.3, -0.25) is 0 Å². The van der Waals surface area contributed by atoms with Crippen molar-refractivity contribution < 1.29 is 9.53 Å². The minimum Gasteiger partial charge on any atom is -0.465 e. The maximum Gasteiger partial charge on any atom is 0.338 e. The van der Waals surface area contributed by atoms with E-state index in [1.54, 1.807) is 24.4 Å². The standard InChI is InChI=1S/C14H13ClN2O2/c1-9-4-3-5-11(15)13(9)17-12-8-10(6-7-16-12)14(18)19-2/h3-8H,1-2H3,(H,16,17). The molecular weight excluding hydrogens is 264 g/mol. The zero-order valence-corrected chi connectivity index (χ0v) is 11.4. The highest BCUT2D eigenvalue weighted by Gasteiger charge is 2.08. The Morgan fingerprint density at radius 1 is 1.37 bits per heavy atom. The summed E-state index contributed by atoms with van der Waals surface area (Å²) >= 11 is 6.13. The number of methoxy groups -OCH3 is 1. The highest BCUT2D eigenvalue weighted by atomic mass is 35.5. The summed E-state index contributed by atoms with van der Waals surface area (Å²) in [7, 11) is 1.34. The van der Waals surface area contributed by atoms with Crippen molar-refractivity contribution in [2.24, 2.45) is 0 Å². The van der Waals surface area contributed by atoms with E-state index in [1.165, 1.54) is 7.11 Å². The molecule has 2 aromatic rings. The fourth-order valence-electron chi connectivity index (χ4n) is 1.66. The summed E-state index contributed by atoms with van der Waals surface area (Å²) in [5.41, 5.74) is 2.21. The maximum atomic E-state index is 11.4. The van der Waals surface area contributed by atoms with Gasteiger partial charge in [-0.2, -0.15) is 0 Å². The molecule has 1 aromatic heterocycles. The molecule has 98 valence electrons. The summed E-state index contributed by atoms with van der Waals surface area (Å²) in [5, 5.41) is 3.71. The highest BCUT2D eigenvalue weighted by molar-refractivity contribution is 6.33. The predicted molar refractivity (Wildman–Crippen MR) is 75.0 cm³/mol. The molecule has 0 spiro atoms. The van der Waals surface area contributed by atoms with Crippen LogP contribution in [0.4, 0.5) is 11.5 Å². The normalized spacial score (nSPS) is 10.1. The van der Waals surface area contributed by atoms with Crippen LogP contribution in [0.3, 0.4) is 0 Å². The molecule has 0 unspecified atom stereocenters. The number of hydrogen-bond donors (Lipinski definition) is 1. The third-order valence-electron chi connectivity index (χ3n) is 2.66. The smallest absolute Gasteiger partial charge is 0.338 e. The van der Waals surface area contributed by atoms with Crippen LogP contribution in [-0.2, 0) is 4.74 Å². The number of esters is 1. The number of anilines is 2. The Morgan fingerprint density at radius 2 is 2.16 bits per heavy atom. The number of carbonyl (C=O) groups is 1. The topological polar surface area (TPSA) is 51.2 Å². The average Bonchev–Trinajstić information content (AvgIpc) is 2.42. The summed E-state index contributed by atoms with van der Waals surface area (Å²) in [6.45, 7) is 1.94. The molecule has 1 heterocycles. The van der Waals surface area contributed by atoms with Crippen molar-refractivity contribution in [2.45, 2.75) is 6.92 Å². The quantitative estimate of drug-likeness (QED) is 0.871. The number of hydrogen-bond acceptors (Lipinski definition) is 4. The van der Waals surface area contributed by atoms with Crippen LogP contribution in [-0.4, -0.2) is 18.1 Å². The van der Waals surface area contributed by atoms with Gasteiger partial charge in [0.2, 0.25) is 0 Å². The lowest BCUT2D eigenvalue weighted by molar-refractivity contribution is 0.0600. The van der Waals surface area contributed by atoms with Crippen molar-refractivity contribution in [1.82, 2.24) is 4.98 Å². The molecule has 0 bridgehead atoms. The number of rotatable bonds is 3. The Balaban J connectivity index is 2.31. The zero-order chi connectivity index (χ0) is 13.8. The third kappa shape index (κ3) is 3.03. The molecule has 2 rings (SSSR count). The molecule has 0 amide bonds. The minimum absolute atomic E-state index is 0.402. The molecule has 0 aliphatic heterocycles. The Hall–Kier alpha value is -2.07. The number of nitrogens with zero attached hydrogens (tertiary/aromatic N) is 1. The molecule has 0 atom stereocenters. The highest BCUT2D eigenvalue weighted by Crippen LogP contribution is 2.28. The number of benzene rings is 1. The molecule has 0 radical (unpaired) electrons. The van der Waals surface area contributed by atoms with Crippen LogP contribution in [0.25, 0.3) is 0 Å². The number of halogens is 1. The Morgan fingerprint density at radius 3 is 2.84 bits per heavy atom. The van der Waals surface area contributed by atoms with Gasteiger partial charge in [-0.05, 0) is 30.7 Å². The monoisotopic (exact) mass is 276 g/mol. The number of para-hydroxylation sites is 1. The van der Waals surface area contributed by atoms with E-state index >= 15 is 0 Å². The number of ether oxygens (including phenoxy) is 1. The first kappa shape index (κ1) is 13.4. The second kappa shape index (κ2) is 5.71. The van der Waals surface area contributed by atoms with Crippen molar-refractivity contribution in [3.63, 3.8) is 0 Å². The lowest BCUT2D eigenvalue weighted by atomic mass is 10.2. The summed E-state index contributed by atoms with van der Waals surface area (Å²) < 4.78 is 4.67. The van der Waals surface area contributed by atoms with Gasteiger partial charge in [0, 0.05) is 6.20 Å². The summed E-state index contributed by atoms with van der Waals surface area (Å²) in [6, 6.07) is 8.83. The third-order valence-corrected chi connectivity index (χ3v) is 2.97. The van der Waals surface area contributed by atoms with E-state index in [9.17, 15) is 4.79 Å². The van der Waals surface area contributed by atoms with Gasteiger partial charge in [0.1, 0.15) is 5.82 Å². The van der Waals surface area contributed by atoms with Crippen LogP contribution in [0.2, 0.25) is 5.02 Å². The first-order valence-corrected chi connectivity index (χ1v) is 6.06. The van der Waals surface area contributed by atoms with Gasteiger partial charge in [0.15, 0.2) is 0 Å². The summed E-state index contributed by atoms with van der Waals surface area (Å²) in [5.74, 6) is 0.139. The lowest BCUT2D eigenvalue weighted by Gasteiger charge is -2.11. The predicted octanol–water partition coefficient (Wildman–Crippen LogP) is 3.57. The Labute approximate surface area is 116 Å². The zero-order valence-electron chi connectivity index (χ0n) is 10.6. The Bertz CT molecular complexity index is 594. The first-order valence-electron chi connectivity index (χ1n) is 5.68. The second-order valence-electron chi connectivity index (χ2n) is 3.98. The molecule has 0 saturated heterocycles. The molecule has 0 fully saturated rings. The minimum atomic E-state index is -0.402. The van der Waals surface area contributed by atoms with Gasteiger partial charge < -0.3 is 10.1 Å². The molecule has 4 nitrogen and oxygen atoms in total. The van der Waals surface area contributed by atoms with Gasteiger partial charge in [0.25, 0.3) is 0 Å². The number of pyridine rings is 1. The van der Waals surface area contributed by atoms with Crippen molar-refractivity contribution in [2.75, 3.05) is 12.4 Å². The van der Waals surface area contributed by atoms with Crippen molar-refractivity contribution in [3.05, 3.63) is 52.7 Å². The summed E-state index contributed by atoms with van der Waals surface area (Å²) in [6.07, 6.45) is 1.54. The van der Waals surface area contributed by atoms with E-state index in [0.29, 0.717) is 16.4 Å². The van der Waals surface area contributed by atoms with Gasteiger partial charge in [-0.25, -0.2) is 9.78 Å². The lowest BCUT2D eigenvalue weighted by Crippen LogP contribution is -2.03. The van der Waals surface area contributed by atoms with E-state index in [1.807, 2.05) is 19.1 Å². The average molecular weight is 277 g/mol. The number of nitrogens with one attached hydrogen (secondary N) is 1. The number of aryl methyl sites for hydroxylation is 1. The maximum absolute atomic E-state index is 11.4. The SMILES string of the molecule is COC(=O)c1ccnc(Nc2c(C)cccc2Cl)c1. The van der Waals surface area contributed by atoms with Crippen LogP contribution >= 0.6 is 11.6 Å². The fourth-order valence-corrected chi connectivity index (χ4v) is 1.93. The van der Waals surface area contributed by atoms with Gasteiger partial charge in [-0.1, -0.05) is 23.7 Å². The van der Waals surface area contributed by atoms with Crippen LogP contribution in [0, 0.1) is 6.92 Å². The van der Waals surface area contributed by atoms with Gasteiger partial charge in [-0.15, -0.1) is 0 Å². The summed E-state index contributed by atoms with van der Waals surface area (Å²) in [4.78, 5) is 15.6. The molecule has 0 aliphatic carbocycles. The number of carbonyl (C=O) groups excluding carboxylic acids is 1. The van der Waals surface area contributed by atoms with Crippen LogP contribution in [0.15, 0.2) is 36.5 Å². The van der Waals surface area contributed by atoms with Crippen molar-refractivity contribution >= 4 is 29.1 Å². The molecule has 0 saturated carbocycles. The molecule has 1 N–H and O–H groups in total. The van der Waals surface area contributed by atoms with Crippen LogP contribution in [0.1, 0.15) is 15.9 Å². The molecule has 19 heavy (non-hydrogen) atoms. The van der Waals surface area contributed by atoms with E-state index < -0.39 is 5.97 Å². The fraction of sp³-hybridized carbons (Fsp3) is 0.143. The van der Waals surface area contributed by atoms with E-state index in [0.717, 1.165) is 11.3 Å². The van der Waals surface area contributed by atoms with Crippen LogP contribution < -0.4 is 5.32 Å². The van der Waals surface area contributed by atoms with Crippen LogP contribution in [0.5, 0.6) is 0 Å². The largest absolute Gasteiger partial charge is 0.465 e. The van der Waals surface area contributed by atoms with E-state index in [-0.39, 0.29) is 0 Å². The van der Waals surface area contributed by atoms with Crippen molar-refractivity contribution in [3.8, 4) is 0 Å². The molecule has 1 aromatic carbocycles. The van der Waals surface area contributed by atoms with Gasteiger partial charge in [0.05, 0.1) is 23.4 Å². The van der Waals surface area contributed by atoms with E-state index in [2.05, 4.69) is 15.0 Å². The van der Waals surface area contributed by atoms with E-state index in [4.69, 9.17) is 11.6 Å². The molecule has 0 aliphatic rings. The Kier molecular flexibility index (Phi) is 4.02. The van der Waals surface area contributed by atoms with Gasteiger partial charge >= 0.3 is 5.97 Å². The van der Waals surface area contributed by atoms with Crippen molar-refractivity contribution in [1.29, 1.82) is 0 Å².